The molecule has 0 rings (SSSR count). The molecule has 3 heteroatoms. The van der Waals surface area contributed by atoms with Gasteiger partial charge in [-0.15, -0.1) is 0 Å². The number of unbranched alkanes of at least 4 members (excludes halogenated alkanes) is 3. The highest BCUT2D eigenvalue weighted by Gasteiger charge is 2.35. The highest BCUT2D eigenvalue weighted by Crippen LogP contribution is 2.43. The van der Waals surface area contributed by atoms with Gasteiger partial charge < -0.3 is 0 Å². The van der Waals surface area contributed by atoms with E-state index in [-0.39, 0.29) is 0 Å². The Kier molecular flexibility index (Phi) is 7.73. The van der Waals surface area contributed by atoms with Gasteiger partial charge in [-0.2, -0.15) is 23.8 Å². The number of hydrogen-bond donors (Lipinski definition) is 1. The van der Waals surface area contributed by atoms with Gasteiger partial charge >= 0.3 is 0 Å². The van der Waals surface area contributed by atoms with Crippen LogP contribution in [0.1, 0.15) is 46.5 Å². The van der Waals surface area contributed by atoms with E-state index in [9.17, 15) is 0 Å². The molecule has 0 aliphatic rings. The molecular weight excluding hydrogens is 236 g/mol. The Morgan fingerprint density at radius 1 is 1.00 bits per heavy atom. The van der Waals surface area contributed by atoms with Crippen LogP contribution < -0.4 is 0 Å². The predicted molar refractivity (Wildman–Crippen MR) is 82.0 cm³/mol. The quantitative estimate of drug-likeness (QED) is 0.374. The summed E-state index contributed by atoms with van der Waals surface area (Å²) in [7, 11) is -1.07. The Bertz CT molecular complexity index is 161. The second-order valence-electron chi connectivity index (χ2n) is 5.75. The summed E-state index contributed by atoms with van der Waals surface area (Å²) in [4.78, 5) is 0. The molecule has 0 radical (unpaired) electrons. The fourth-order valence-corrected chi connectivity index (χ4v) is 5.89. The molecule has 0 heterocycles. The van der Waals surface area contributed by atoms with Crippen molar-refractivity contribution in [3.8, 4) is 0 Å². The molecule has 0 fully saturated rings. The summed E-state index contributed by atoms with van der Waals surface area (Å²) in [5.74, 6) is 2.42. The molecule has 0 N–H and O–H groups in total. The highest BCUT2D eigenvalue weighted by atomic mass is 32.4. The van der Waals surface area contributed by atoms with Crippen LogP contribution in [0.25, 0.3) is 0 Å². The van der Waals surface area contributed by atoms with Crippen LogP contribution in [0.2, 0.25) is 18.1 Å². The standard InChI is InChI=1S/C12H28S2Si/c1-12(2,3)15(4,5)14-11-9-7-6-8-10-13/h13H,6-11H2,1-5H3. The molecule has 0 saturated carbocycles. The van der Waals surface area contributed by atoms with Gasteiger partial charge in [0.25, 0.3) is 0 Å². The fourth-order valence-electron chi connectivity index (χ4n) is 1.11. The minimum absolute atomic E-state index is 0.531. The summed E-state index contributed by atoms with van der Waals surface area (Å²) >= 11 is 6.49. The van der Waals surface area contributed by atoms with Crippen molar-refractivity contribution >= 4 is 31.1 Å². The lowest BCUT2D eigenvalue weighted by Crippen LogP contribution is -2.33. The normalized spacial score (nSPS) is 13.2. The topological polar surface area (TPSA) is 0 Å². The van der Waals surface area contributed by atoms with E-state index in [0.29, 0.717) is 5.04 Å². The van der Waals surface area contributed by atoms with Gasteiger partial charge in [-0.05, 0) is 29.4 Å². The number of rotatable bonds is 7. The zero-order chi connectivity index (χ0) is 11.9. The fraction of sp³-hybridized carbons (Fsp3) is 1.00. The first kappa shape index (κ1) is 15.9. The first-order valence-electron chi connectivity index (χ1n) is 6.06. The summed E-state index contributed by atoms with van der Waals surface area (Å²) in [5, 5.41) is 0.531. The number of hydrogen-bond acceptors (Lipinski definition) is 2. The zero-order valence-electron chi connectivity index (χ0n) is 11.1. The van der Waals surface area contributed by atoms with Crippen molar-refractivity contribution < 1.29 is 0 Å². The third kappa shape index (κ3) is 6.95. The van der Waals surface area contributed by atoms with Crippen LogP contribution in [0.3, 0.4) is 0 Å². The molecule has 0 aliphatic carbocycles. The first-order chi connectivity index (χ1) is 6.81. The van der Waals surface area contributed by atoms with Gasteiger partial charge in [0.2, 0.25) is 0 Å². The van der Waals surface area contributed by atoms with Crippen molar-refractivity contribution in [3.05, 3.63) is 0 Å². The van der Waals surface area contributed by atoms with E-state index in [1.807, 2.05) is 0 Å². The van der Waals surface area contributed by atoms with Crippen molar-refractivity contribution in [2.24, 2.45) is 0 Å². The van der Waals surface area contributed by atoms with Crippen molar-refractivity contribution in [2.45, 2.75) is 64.6 Å². The predicted octanol–water partition coefficient (Wildman–Crippen LogP) is 5.22. The molecule has 0 nitrogen and oxygen atoms in total. The van der Waals surface area contributed by atoms with E-state index in [1.165, 1.54) is 31.4 Å². The maximum atomic E-state index is 4.23. The molecule has 0 saturated heterocycles. The molecule has 0 aliphatic heterocycles. The number of thiol groups is 1. The van der Waals surface area contributed by atoms with Crippen LogP contribution in [0.15, 0.2) is 0 Å². The van der Waals surface area contributed by atoms with E-state index in [1.54, 1.807) is 0 Å². The lowest BCUT2D eigenvalue weighted by atomic mass is 10.2. The Morgan fingerprint density at radius 2 is 1.53 bits per heavy atom. The molecule has 0 spiro atoms. The first-order valence-corrected chi connectivity index (χ1v) is 11.4. The van der Waals surface area contributed by atoms with E-state index in [2.05, 4.69) is 57.7 Å². The molecule has 92 valence electrons. The third-order valence-corrected chi connectivity index (χ3v) is 13.1. The van der Waals surface area contributed by atoms with Crippen LogP contribution >= 0.6 is 23.8 Å². The van der Waals surface area contributed by atoms with Gasteiger partial charge in [-0.1, -0.05) is 46.7 Å². The van der Waals surface area contributed by atoms with Gasteiger partial charge in [0.05, 0.1) is 0 Å². The summed E-state index contributed by atoms with van der Waals surface area (Å²) in [5.41, 5.74) is 0. The summed E-state index contributed by atoms with van der Waals surface area (Å²) in [6.07, 6.45) is 5.43. The Hall–Kier alpha value is 0.917. The van der Waals surface area contributed by atoms with Gasteiger partial charge in [0, 0.05) is 0 Å². The van der Waals surface area contributed by atoms with Crippen LogP contribution in [0.4, 0.5) is 0 Å². The van der Waals surface area contributed by atoms with E-state index >= 15 is 0 Å². The summed E-state index contributed by atoms with van der Waals surface area (Å²) in [6.45, 7) is 12.2. The van der Waals surface area contributed by atoms with E-state index in [4.69, 9.17) is 0 Å². The molecule has 0 atom stereocenters. The molecule has 0 aromatic heterocycles. The van der Waals surface area contributed by atoms with Crippen molar-refractivity contribution in [1.29, 1.82) is 0 Å². The summed E-state index contributed by atoms with van der Waals surface area (Å²) in [6, 6.07) is 0. The van der Waals surface area contributed by atoms with Crippen LogP contribution in [-0.4, -0.2) is 18.7 Å². The zero-order valence-corrected chi connectivity index (χ0v) is 13.8. The average molecular weight is 265 g/mol. The monoisotopic (exact) mass is 264 g/mol. The second kappa shape index (κ2) is 7.28. The Labute approximate surface area is 107 Å². The van der Waals surface area contributed by atoms with Crippen LogP contribution in [0, 0.1) is 0 Å². The van der Waals surface area contributed by atoms with Crippen molar-refractivity contribution in [2.75, 3.05) is 11.5 Å². The average Bonchev–Trinajstić information content (AvgIpc) is 2.09. The van der Waals surface area contributed by atoms with Gasteiger partial charge in [-0.25, -0.2) is 0 Å². The molecule has 0 aromatic rings. The molecule has 0 bridgehead atoms. The molecule has 0 unspecified atom stereocenters. The SMILES string of the molecule is CC(C)(C)[Si](C)(C)SCCCCCCS. The lowest BCUT2D eigenvalue weighted by molar-refractivity contribution is 0.711. The molecule has 15 heavy (non-hydrogen) atoms. The minimum Gasteiger partial charge on any atom is -0.185 e. The molecular formula is C12H28S2Si. The van der Waals surface area contributed by atoms with Gasteiger partial charge in [0.15, 0.2) is 0 Å². The van der Waals surface area contributed by atoms with E-state index < -0.39 is 7.22 Å². The largest absolute Gasteiger partial charge is 0.185 e. The smallest absolute Gasteiger partial charge is 0.116 e. The molecule has 0 aromatic carbocycles. The van der Waals surface area contributed by atoms with Crippen molar-refractivity contribution in [3.63, 3.8) is 0 Å². The minimum atomic E-state index is -1.07. The maximum absolute atomic E-state index is 4.23. The van der Waals surface area contributed by atoms with Crippen LogP contribution in [-0.2, 0) is 0 Å². The van der Waals surface area contributed by atoms with Gasteiger partial charge in [0.1, 0.15) is 7.22 Å². The second-order valence-corrected chi connectivity index (χ2v) is 15.3. The lowest BCUT2D eigenvalue weighted by Gasteiger charge is -2.36. The highest BCUT2D eigenvalue weighted by molar-refractivity contribution is 8.29. The summed E-state index contributed by atoms with van der Waals surface area (Å²) < 4.78 is 0. The Balaban J connectivity index is 3.58. The van der Waals surface area contributed by atoms with E-state index in [0.717, 1.165) is 5.75 Å². The molecule has 0 amide bonds. The Morgan fingerprint density at radius 3 is 2.00 bits per heavy atom. The third-order valence-electron chi connectivity index (χ3n) is 3.32. The van der Waals surface area contributed by atoms with Crippen molar-refractivity contribution in [1.82, 2.24) is 0 Å². The maximum Gasteiger partial charge on any atom is 0.116 e. The van der Waals surface area contributed by atoms with Gasteiger partial charge in [-0.3, -0.25) is 0 Å². The van der Waals surface area contributed by atoms with Crippen LogP contribution in [0.5, 0.6) is 0 Å².